The topological polar surface area (TPSA) is 3.24 Å². The minimum atomic E-state index is -0.0611. The second-order valence-electron chi connectivity index (χ2n) is 11.2. The largest absolute Gasteiger partial charge is 0.310 e. The fourth-order valence-corrected chi connectivity index (χ4v) is 6.75. The summed E-state index contributed by atoms with van der Waals surface area (Å²) in [7, 11) is 0. The Morgan fingerprint density at radius 2 is 1.16 bits per heavy atom. The van der Waals surface area contributed by atoms with Crippen LogP contribution in [0.25, 0.3) is 22.3 Å². The molecule has 0 heterocycles. The molecule has 38 heavy (non-hydrogen) atoms. The molecule has 186 valence electrons. The lowest BCUT2D eigenvalue weighted by Crippen LogP contribution is -2.17. The second-order valence-corrected chi connectivity index (χ2v) is 11.2. The Morgan fingerprint density at radius 1 is 0.526 bits per heavy atom. The summed E-state index contributed by atoms with van der Waals surface area (Å²) in [5.41, 5.74) is 14.9. The van der Waals surface area contributed by atoms with Crippen LogP contribution in [0.3, 0.4) is 0 Å². The molecule has 5 aromatic rings. The van der Waals surface area contributed by atoms with Gasteiger partial charge in [-0.1, -0.05) is 92.7 Å². The highest BCUT2D eigenvalue weighted by Crippen LogP contribution is 2.53. The van der Waals surface area contributed by atoms with E-state index in [1.807, 2.05) is 0 Å². The third-order valence-electron chi connectivity index (χ3n) is 8.66. The lowest BCUT2D eigenvalue weighted by Gasteiger charge is -2.31. The zero-order chi connectivity index (χ0) is 25.7. The van der Waals surface area contributed by atoms with E-state index in [1.165, 1.54) is 80.8 Å². The molecule has 0 bridgehead atoms. The number of aryl methyl sites for hydroxylation is 1. The van der Waals surface area contributed by atoms with Gasteiger partial charge in [0.15, 0.2) is 0 Å². The third kappa shape index (κ3) is 3.61. The summed E-state index contributed by atoms with van der Waals surface area (Å²) in [6.45, 7) is 4.75. The fourth-order valence-electron chi connectivity index (χ4n) is 6.75. The summed E-state index contributed by atoms with van der Waals surface area (Å²) in [5, 5.41) is 0. The first-order valence-electron chi connectivity index (χ1n) is 13.9. The summed E-state index contributed by atoms with van der Waals surface area (Å²) in [5.74, 6) is 0. The standard InChI is InChI=1S/C37H33N/c1-37(2)34-23-12-11-21-31(34)32-24-33(30-22-13-15-26-14-9-10-20-29(26)30)36(25-35(32)37)38(27-16-5-3-6-17-27)28-18-7-4-8-19-28/h3-8,11-13,15-19,21-25H,9-10,14,20H2,1-2H3. The quantitative estimate of drug-likeness (QED) is 0.242. The molecule has 0 saturated heterocycles. The van der Waals surface area contributed by atoms with Gasteiger partial charge >= 0.3 is 0 Å². The van der Waals surface area contributed by atoms with Crippen molar-refractivity contribution in [1.29, 1.82) is 0 Å². The smallest absolute Gasteiger partial charge is 0.0543 e. The van der Waals surface area contributed by atoms with Gasteiger partial charge < -0.3 is 4.90 Å². The van der Waals surface area contributed by atoms with E-state index in [9.17, 15) is 0 Å². The molecule has 0 aliphatic heterocycles. The van der Waals surface area contributed by atoms with Crippen LogP contribution in [0.1, 0.15) is 48.9 Å². The lowest BCUT2D eigenvalue weighted by molar-refractivity contribution is 0.660. The van der Waals surface area contributed by atoms with Gasteiger partial charge in [-0.15, -0.1) is 0 Å². The van der Waals surface area contributed by atoms with Crippen LogP contribution in [0.2, 0.25) is 0 Å². The Hall–Kier alpha value is -4.10. The maximum Gasteiger partial charge on any atom is 0.0543 e. The molecule has 2 aliphatic carbocycles. The highest BCUT2D eigenvalue weighted by molar-refractivity contribution is 5.95. The van der Waals surface area contributed by atoms with Crippen molar-refractivity contribution >= 4 is 17.1 Å². The number of hydrogen-bond donors (Lipinski definition) is 0. The molecular weight excluding hydrogens is 458 g/mol. The molecule has 0 saturated carbocycles. The van der Waals surface area contributed by atoms with Crippen molar-refractivity contribution in [3.63, 3.8) is 0 Å². The Morgan fingerprint density at radius 3 is 1.89 bits per heavy atom. The first-order chi connectivity index (χ1) is 18.6. The van der Waals surface area contributed by atoms with E-state index >= 15 is 0 Å². The molecule has 0 fully saturated rings. The fraction of sp³-hybridized carbons (Fsp3) is 0.189. The number of para-hydroxylation sites is 2. The Balaban J connectivity index is 1.57. The maximum absolute atomic E-state index is 2.50. The van der Waals surface area contributed by atoms with Crippen molar-refractivity contribution in [3.05, 3.63) is 138 Å². The van der Waals surface area contributed by atoms with Crippen molar-refractivity contribution in [2.24, 2.45) is 0 Å². The van der Waals surface area contributed by atoms with Crippen molar-refractivity contribution < 1.29 is 0 Å². The van der Waals surface area contributed by atoms with E-state index in [1.54, 1.807) is 0 Å². The van der Waals surface area contributed by atoms with Crippen molar-refractivity contribution in [2.75, 3.05) is 4.90 Å². The highest BCUT2D eigenvalue weighted by atomic mass is 15.1. The van der Waals surface area contributed by atoms with E-state index in [0.29, 0.717) is 0 Å². The van der Waals surface area contributed by atoms with Gasteiger partial charge in [0, 0.05) is 22.4 Å². The van der Waals surface area contributed by atoms with Crippen LogP contribution in [0.5, 0.6) is 0 Å². The van der Waals surface area contributed by atoms with Crippen LogP contribution in [0.4, 0.5) is 17.1 Å². The summed E-state index contributed by atoms with van der Waals surface area (Å²) >= 11 is 0. The van der Waals surface area contributed by atoms with Crippen LogP contribution in [-0.2, 0) is 18.3 Å². The van der Waals surface area contributed by atoms with Crippen LogP contribution in [0.15, 0.2) is 115 Å². The summed E-state index contributed by atoms with van der Waals surface area (Å²) < 4.78 is 0. The molecule has 0 amide bonds. The van der Waals surface area contributed by atoms with Gasteiger partial charge in [0.2, 0.25) is 0 Å². The molecular formula is C37H33N. The number of rotatable bonds is 4. The first kappa shape index (κ1) is 23.0. The van der Waals surface area contributed by atoms with Crippen LogP contribution in [0, 0.1) is 0 Å². The van der Waals surface area contributed by atoms with Gasteiger partial charge in [0.05, 0.1) is 5.69 Å². The Labute approximate surface area is 226 Å². The van der Waals surface area contributed by atoms with E-state index in [-0.39, 0.29) is 5.41 Å². The van der Waals surface area contributed by atoms with E-state index in [0.717, 1.165) is 6.42 Å². The van der Waals surface area contributed by atoms with Crippen LogP contribution in [-0.4, -0.2) is 0 Å². The minimum absolute atomic E-state index is 0.0611. The zero-order valence-corrected chi connectivity index (χ0v) is 22.2. The van der Waals surface area contributed by atoms with Crippen LogP contribution < -0.4 is 4.90 Å². The van der Waals surface area contributed by atoms with Gasteiger partial charge in [-0.25, -0.2) is 0 Å². The van der Waals surface area contributed by atoms with Gasteiger partial charge in [-0.2, -0.15) is 0 Å². The molecule has 0 unspecified atom stereocenters. The van der Waals surface area contributed by atoms with Crippen molar-refractivity contribution in [3.8, 4) is 22.3 Å². The van der Waals surface area contributed by atoms with Crippen molar-refractivity contribution in [1.82, 2.24) is 0 Å². The average Bonchev–Trinajstić information content (AvgIpc) is 3.20. The first-order valence-corrected chi connectivity index (χ1v) is 13.9. The molecule has 5 aromatic carbocycles. The average molecular weight is 492 g/mol. The maximum atomic E-state index is 2.50. The third-order valence-corrected chi connectivity index (χ3v) is 8.66. The second kappa shape index (κ2) is 9.03. The lowest BCUT2D eigenvalue weighted by atomic mass is 9.80. The molecule has 0 radical (unpaired) electrons. The summed E-state index contributed by atoms with van der Waals surface area (Å²) in [6, 6.07) is 42.6. The predicted molar refractivity (Wildman–Crippen MR) is 161 cm³/mol. The van der Waals surface area contributed by atoms with Gasteiger partial charge in [0.1, 0.15) is 0 Å². The van der Waals surface area contributed by atoms with Gasteiger partial charge in [-0.3, -0.25) is 0 Å². The molecule has 1 heteroatoms. The Bertz CT molecular complexity index is 1590. The van der Waals surface area contributed by atoms with Gasteiger partial charge in [0.25, 0.3) is 0 Å². The van der Waals surface area contributed by atoms with Crippen LogP contribution >= 0.6 is 0 Å². The molecule has 0 atom stereocenters. The molecule has 2 aliphatic rings. The summed E-state index contributed by atoms with van der Waals surface area (Å²) in [4.78, 5) is 2.46. The predicted octanol–water partition coefficient (Wildman–Crippen LogP) is 10.0. The number of fused-ring (bicyclic) bond motifs is 4. The highest BCUT2D eigenvalue weighted by Gasteiger charge is 2.37. The number of anilines is 3. The number of hydrogen-bond acceptors (Lipinski definition) is 1. The molecule has 1 nitrogen and oxygen atoms in total. The van der Waals surface area contributed by atoms with E-state index < -0.39 is 0 Å². The normalized spacial score (nSPS) is 14.9. The number of nitrogens with zero attached hydrogens (tertiary/aromatic N) is 1. The molecule has 0 aromatic heterocycles. The number of benzene rings is 5. The SMILES string of the molecule is CC1(C)c2ccccc2-c2cc(-c3cccc4c3CCCC4)c(N(c3ccccc3)c3ccccc3)cc21. The monoisotopic (exact) mass is 491 g/mol. The van der Waals surface area contributed by atoms with E-state index in [2.05, 4.69) is 134 Å². The zero-order valence-electron chi connectivity index (χ0n) is 22.2. The minimum Gasteiger partial charge on any atom is -0.310 e. The summed E-state index contributed by atoms with van der Waals surface area (Å²) in [6.07, 6.45) is 4.89. The molecule has 0 spiro atoms. The van der Waals surface area contributed by atoms with Gasteiger partial charge in [-0.05, 0) is 101 Å². The van der Waals surface area contributed by atoms with E-state index in [4.69, 9.17) is 0 Å². The molecule has 7 rings (SSSR count). The molecule has 0 N–H and O–H groups in total. The van der Waals surface area contributed by atoms with Crippen molar-refractivity contribution in [2.45, 2.75) is 44.9 Å². The Kier molecular flexibility index (Phi) is 5.48.